The lowest BCUT2D eigenvalue weighted by atomic mass is 10.1. The van der Waals surface area contributed by atoms with E-state index < -0.39 is 43.1 Å². The van der Waals surface area contributed by atoms with Crippen LogP contribution in [0.4, 0.5) is 5.69 Å². The number of Topliss-reactive ketones (excluding diaryl/α,β-unsaturated/α-hetero) is 1. The van der Waals surface area contributed by atoms with E-state index in [1.807, 2.05) is 0 Å². The highest BCUT2D eigenvalue weighted by atomic mass is 32.2. The van der Waals surface area contributed by atoms with Gasteiger partial charge in [0.1, 0.15) is 4.90 Å². The molecule has 8 nitrogen and oxygen atoms in total. The fourth-order valence-corrected chi connectivity index (χ4v) is 2.36. The third kappa shape index (κ3) is 4.59. The van der Waals surface area contributed by atoms with Gasteiger partial charge in [-0.15, -0.1) is 0 Å². The number of hydrogen-bond donors (Lipinski definition) is 3. The Labute approximate surface area is 109 Å². The minimum absolute atomic E-state index is 0.0199. The molecule has 106 valence electrons. The van der Waals surface area contributed by atoms with E-state index in [1.54, 1.807) is 0 Å². The molecule has 0 aliphatic rings. The first kappa shape index (κ1) is 15.6. The summed E-state index contributed by atoms with van der Waals surface area (Å²) in [7, 11) is -8.74. The number of nitrogen functional groups attached to an aromatic ring is 1. The monoisotopic (exact) mass is 309 g/mol. The molecule has 1 rings (SSSR count). The topological polar surface area (TPSA) is 152 Å². The number of anilines is 1. The zero-order valence-electron chi connectivity index (χ0n) is 9.48. The predicted octanol–water partition coefficient (Wildman–Crippen LogP) is -0.0239. The molecule has 0 unspecified atom stereocenters. The van der Waals surface area contributed by atoms with Crippen molar-refractivity contribution in [3.8, 4) is 0 Å². The molecule has 0 radical (unpaired) electrons. The van der Waals surface area contributed by atoms with Crippen molar-refractivity contribution < 1.29 is 30.7 Å². The van der Waals surface area contributed by atoms with E-state index in [1.165, 1.54) is 0 Å². The molecule has 0 aliphatic carbocycles. The third-order valence-electron chi connectivity index (χ3n) is 2.20. The van der Waals surface area contributed by atoms with Gasteiger partial charge in [-0.3, -0.25) is 13.9 Å². The summed E-state index contributed by atoms with van der Waals surface area (Å²) in [6, 6.07) is 3.03. The number of rotatable bonds is 5. The van der Waals surface area contributed by atoms with E-state index in [9.17, 15) is 21.6 Å². The molecular weight excluding hydrogens is 298 g/mol. The van der Waals surface area contributed by atoms with Gasteiger partial charge in [-0.2, -0.15) is 16.8 Å². The van der Waals surface area contributed by atoms with E-state index in [4.69, 9.17) is 14.8 Å². The van der Waals surface area contributed by atoms with Crippen LogP contribution in [0.3, 0.4) is 0 Å². The van der Waals surface area contributed by atoms with Crippen LogP contribution in [-0.4, -0.2) is 37.5 Å². The Morgan fingerprint density at radius 2 is 1.74 bits per heavy atom. The second-order valence-electron chi connectivity index (χ2n) is 3.69. The van der Waals surface area contributed by atoms with Gasteiger partial charge in [-0.05, 0) is 18.2 Å². The van der Waals surface area contributed by atoms with Crippen molar-refractivity contribution in [1.29, 1.82) is 0 Å². The van der Waals surface area contributed by atoms with E-state index in [0.29, 0.717) is 0 Å². The number of ketones is 1. The fraction of sp³-hybridized carbons (Fsp3) is 0.222. The largest absolute Gasteiger partial charge is 0.398 e. The van der Waals surface area contributed by atoms with Gasteiger partial charge >= 0.3 is 0 Å². The first-order valence-corrected chi connectivity index (χ1v) is 7.91. The highest BCUT2D eigenvalue weighted by Gasteiger charge is 2.17. The minimum atomic E-state index is -4.48. The first-order chi connectivity index (χ1) is 8.50. The Balaban J connectivity index is 2.99. The molecule has 0 saturated heterocycles. The lowest BCUT2D eigenvalue weighted by Crippen LogP contribution is -2.11. The highest BCUT2D eigenvalue weighted by molar-refractivity contribution is 7.86. The normalized spacial score (nSPS) is 12.3. The van der Waals surface area contributed by atoms with Gasteiger partial charge < -0.3 is 5.73 Å². The smallest absolute Gasteiger partial charge is 0.296 e. The number of benzene rings is 1. The van der Waals surface area contributed by atoms with Crippen LogP contribution in [0.15, 0.2) is 23.1 Å². The van der Waals surface area contributed by atoms with Crippen LogP contribution in [0.5, 0.6) is 0 Å². The maximum atomic E-state index is 11.6. The standard InChI is InChI=1S/C9H11NO7S2/c10-7-5-6(1-2-9(7)19(15,16)17)8(11)3-4-18(12,13)14/h1-2,5H,3-4,10H2,(H,12,13,14)(H,15,16,17). The van der Waals surface area contributed by atoms with Gasteiger partial charge in [0, 0.05) is 12.0 Å². The quantitative estimate of drug-likeness (QED) is 0.389. The van der Waals surface area contributed by atoms with Crippen molar-refractivity contribution in [2.75, 3.05) is 11.5 Å². The molecule has 0 aromatic heterocycles. The first-order valence-electron chi connectivity index (χ1n) is 4.86. The lowest BCUT2D eigenvalue weighted by molar-refractivity contribution is 0.0988. The van der Waals surface area contributed by atoms with Crippen molar-refractivity contribution in [2.24, 2.45) is 0 Å². The van der Waals surface area contributed by atoms with Gasteiger partial charge in [-0.1, -0.05) is 0 Å². The molecule has 0 spiro atoms. The SMILES string of the molecule is Nc1cc(C(=O)CCS(=O)(=O)O)ccc1S(=O)(=O)O. The maximum absolute atomic E-state index is 11.6. The average molecular weight is 309 g/mol. The number of carbonyl (C=O) groups excluding carboxylic acids is 1. The Hall–Kier alpha value is -1.49. The minimum Gasteiger partial charge on any atom is -0.398 e. The summed E-state index contributed by atoms with van der Waals surface area (Å²) in [5.41, 5.74) is 5.02. The van der Waals surface area contributed by atoms with Crippen LogP contribution in [0.1, 0.15) is 16.8 Å². The van der Waals surface area contributed by atoms with Gasteiger partial charge in [0.05, 0.1) is 11.4 Å². The Kier molecular flexibility index (Phi) is 4.30. The van der Waals surface area contributed by atoms with Crippen molar-refractivity contribution in [3.63, 3.8) is 0 Å². The molecule has 0 saturated carbocycles. The van der Waals surface area contributed by atoms with Crippen LogP contribution in [-0.2, 0) is 20.2 Å². The zero-order valence-corrected chi connectivity index (χ0v) is 11.1. The van der Waals surface area contributed by atoms with Crippen LogP contribution < -0.4 is 5.73 Å². The van der Waals surface area contributed by atoms with Gasteiger partial charge in [-0.25, -0.2) is 0 Å². The van der Waals surface area contributed by atoms with Crippen LogP contribution >= 0.6 is 0 Å². The van der Waals surface area contributed by atoms with E-state index in [2.05, 4.69) is 0 Å². The molecule has 0 atom stereocenters. The Bertz CT molecular complexity index is 706. The molecule has 0 aliphatic heterocycles. The molecule has 0 fully saturated rings. The van der Waals surface area contributed by atoms with E-state index >= 15 is 0 Å². The molecule has 1 aromatic rings. The molecule has 10 heteroatoms. The summed E-state index contributed by atoms with van der Waals surface area (Å²) in [6.45, 7) is 0. The molecule has 4 N–H and O–H groups in total. The summed E-state index contributed by atoms with van der Waals surface area (Å²) in [5.74, 6) is -1.38. The molecule has 0 amide bonds. The fourth-order valence-electron chi connectivity index (χ4n) is 1.32. The zero-order chi connectivity index (χ0) is 14.8. The number of hydrogen-bond acceptors (Lipinski definition) is 6. The van der Waals surface area contributed by atoms with E-state index in [-0.39, 0.29) is 11.3 Å². The van der Waals surface area contributed by atoms with Gasteiger partial charge in [0.2, 0.25) is 0 Å². The third-order valence-corrected chi connectivity index (χ3v) is 3.84. The van der Waals surface area contributed by atoms with Crippen LogP contribution in [0.2, 0.25) is 0 Å². The van der Waals surface area contributed by atoms with Crippen molar-refractivity contribution in [3.05, 3.63) is 23.8 Å². The van der Waals surface area contributed by atoms with Gasteiger partial charge in [0.25, 0.3) is 20.2 Å². The summed E-state index contributed by atoms with van der Waals surface area (Å²) in [6.07, 6.45) is -0.469. The molecule has 1 aromatic carbocycles. The van der Waals surface area contributed by atoms with Crippen molar-refractivity contribution in [2.45, 2.75) is 11.3 Å². The van der Waals surface area contributed by atoms with Crippen molar-refractivity contribution in [1.82, 2.24) is 0 Å². The molecule has 0 bridgehead atoms. The predicted molar refractivity (Wildman–Crippen MR) is 66.0 cm³/mol. The maximum Gasteiger partial charge on any atom is 0.296 e. The summed E-state index contributed by atoms with van der Waals surface area (Å²) < 4.78 is 60.0. The summed E-state index contributed by atoms with van der Waals surface area (Å²) >= 11 is 0. The molecule has 0 heterocycles. The number of nitrogens with two attached hydrogens (primary N) is 1. The average Bonchev–Trinajstić information content (AvgIpc) is 2.22. The lowest BCUT2D eigenvalue weighted by Gasteiger charge is -2.05. The summed E-state index contributed by atoms with van der Waals surface area (Å²) in [5, 5.41) is 0. The second-order valence-corrected chi connectivity index (χ2v) is 6.65. The Morgan fingerprint density at radius 1 is 1.16 bits per heavy atom. The van der Waals surface area contributed by atoms with Crippen LogP contribution in [0, 0.1) is 0 Å². The second kappa shape index (κ2) is 5.25. The molecule has 19 heavy (non-hydrogen) atoms. The van der Waals surface area contributed by atoms with E-state index in [0.717, 1.165) is 18.2 Å². The van der Waals surface area contributed by atoms with Crippen LogP contribution in [0.25, 0.3) is 0 Å². The Morgan fingerprint density at radius 3 is 2.16 bits per heavy atom. The highest BCUT2D eigenvalue weighted by Crippen LogP contribution is 2.20. The van der Waals surface area contributed by atoms with Gasteiger partial charge in [0.15, 0.2) is 5.78 Å². The number of carbonyl (C=O) groups is 1. The van der Waals surface area contributed by atoms with Crippen molar-refractivity contribution >= 4 is 31.7 Å². The summed E-state index contributed by atoms with van der Waals surface area (Å²) in [4.78, 5) is 11.0. The molecular formula is C9H11NO7S2.